The highest BCUT2D eigenvalue weighted by atomic mass is 35.5. The lowest BCUT2D eigenvalue weighted by Gasteiger charge is -2.22. The van der Waals surface area contributed by atoms with Crippen molar-refractivity contribution >= 4 is 28.5 Å². The van der Waals surface area contributed by atoms with E-state index in [0.717, 1.165) is 18.2 Å². The molecule has 0 aliphatic carbocycles. The molecule has 1 rings (SSSR count). The van der Waals surface area contributed by atoms with Crippen molar-refractivity contribution in [2.45, 2.75) is 31.4 Å². The van der Waals surface area contributed by atoms with E-state index in [-0.39, 0.29) is 0 Å². The van der Waals surface area contributed by atoms with Crippen LogP contribution in [-0.2, 0) is 11.4 Å². The molecule has 0 fully saturated rings. The van der Waals surface area contributed by atoms with Crippen molar-refractivity contribution in [2.75, 3.05) is 5.88 Å². The van der Waals surface area contributed by atoms with Gasteiger partial charge in [-0.25, -0.2) is 4.39 Å². The molecule has 0 amide bonds. The largest absolute Gasteiger partial charge is 0.598 e. The molecule has 1 heterocycles. The predicted molar refractivity (Wildman–Crippen MR) is 78.5 cm³/mol. The van der Waals surface area contributed by atoms with E-state index >= 15 is 0 Å². The van der Waals surface area contributed by atoms with Gasteiger partial charge in [-0.3, -0.25) is 4.98 Å². The Kier molecular flexibility index (Phi) is 6.26. The number of halogens is 2. The van der Waals surface area contributed by atoms with Gasteiger partial charge in [0.1, 0.15) is 5.82 Å². The highest BCUT2D eigenvalue weighted by Gasteiger charge is 2.28. The third-order valence-electron chi connectivity index (χ3n) is 2.70. The van der Waals surface area contributed by atoms with Crippen molar-refractivity contribution < 1.29 is 8.94 Å². The molecular formula is C13H18ClFN2OS. The molecule has 6 heteroatoms. The Morgan fingerprint density at radius 3 is 2.79 bits per heavy atom. The second-order valence-corrected chi connectivity index (χ2v) is 6.78. The first-order valence-electron chi connectivity index (χ1n) is 5.91. The average molecular weight is 305 g/mol. The lowest BCUT2D eigenvalue weighted by atomic mass is 9.98. The smallest absolute Gasteiger partial charge is 0.158 e. The molecule has 1 unspecified atom stereocenters. The maximum absolute atomic E-state index is 13.2. The van der Waals surface area contributed by atoms with Gasteiger partial charge in [0.15, 0.2) is 4.75 Å². The molecular weight excluding hydrogens is 287 g/mol. The lowest BCUT2D eigenvalue weighted by Crippen LogP contribution is -2.36. The summed E-state index contributed by atoms with van der Waals surface area (Å²) in [4.78, 5) is 3.83. The van der Waals surface area contributed by atoms with Crippen LogP contribution in [0.5, 0.6) is 0 Å². The summed E-state index contributed by atoms with van der Waals surface area (Å²) in [6.07, 6.45) is 5.95. The SMILES string of the molecule is CC(C)(/C=C(/CCCCl)c1cncc(F)c1)[S+](N)[O-]. The van der Waals surface area contributed by atoms with Gasteiger partial charge in [0.05, 0.1) is 6.20 Å². The Morgan fingerprint density at radius 2 is 2.26 bits per heavy atom. The Labute approximate surface area is 121 Å². The second-order valence-electron chi connectivity index (χ2n) is 4.75. The number of aromatic nitrogens is 1. The predicted octanol–water partition coefficient (Wildman–Crippen LogP) is 3.02. The van der Waals surface area contributed by atoms with Gasteiger partial charge in [0, 0.05) is 23.4 Å². The van der Waals surface area contributed by atoms with Crippen LogP contribution in [0.25, 0.3) is 5.57 Å². The van der Waals surface area contributed by atoms with E-state index in [1.807, 2.05) is 6.08 Å². The molecule has 0 aliphatic rings. The molecule has 1 aromatic rings. The first kappa shape index (κ1) is 16.4. The minimum absolute atomic E-state index is 0.402. The van der Waals surface area contributed by atoms with Crippen molar-refractivity contribution in [3.05, 3.63) is 35.9 Å². The minimum Gasteiger partial charge on any atom is -0.598 e. The third kappa shape index (κ3) is 5.10. The summed E-state index contributed by atoms with van der Waals surface area (Å²) >= 11 is 4.19. The van der Waals surface area contributed by atoms with Gasteiger partial charge in [-0.1, -0.05) is 0 Å². The van der Waals surface area contributed by atoms with Crippen molar-refractivity contribution in [2.24, 2.45) is 5.14 Å². The van der Waals surface area contributed by atoms with E-state index in [9.17, 15) is 8.94 Å². The number of rotatable bonds is 6. The fourth-order valence-corrected chi connectivity index (χ4v) is 2.01. The number of hydrogen-bond acceptors (Lipinski definition) is 3. The number of allylic oxidation sites excluding steroid dienone is 1. The molecule has 1 atom stereocenters. The maximum atomic E-state index is 13.2. The quantitative estimate of drug-likeness (QED) is 0.649. The maximum Gasteiger partial charge on any atom is 0.158 e. The second kappa shape index (κ2) is 7.24. The number of pyridine rings is 1. The number of alkyl halides is 1. The molecule has 106 valence electrons. The third-order valence-corrected chi connectivity index (χ3v) is 4.12. The molecule has 0 spiro atoms. The molecule has 0 bridgehead atoms. The molecule has 2 N–H and O–H groups in total. The minimum atomic E-state index is -1.50. The first-order valence-corrected chi connectivity index (χ1v) is 7.66. The summed E-state index contributed by atoms with van der Waals surface area (Å²) in [5.41, 5.74) is 1.53. The summed E-state index contributed by atoms with van der Waals surface area (Å²) in [5, 5.41) is 5.47. The Morgan fingerprint density at radius 1 is 1.58 bits per heavy atom. The van der Waals surface area contributed by atoms with E-state index in [1.165, 1.54) is 6.07 Å². The number of nitrogens with zero attached hydrogens (tertiary/aromatic N) is 1. The summed E-state index contributed by atoms with van der Waals surface area (Å²) in [6, 6.07) is 1.41. The van der Waals surface area contributed by atoms with E-state index in [4.69, 9.17) is 16.7 Å². The molecule has 0 saturated heterocycles. The molecule has 0 radical (unpaired) electrons. The molecule has 19 heavy (non-hydrogen) atoms. The average Bonchev–Trinajstić information content (AvgIpc) is 2.34. The topological polar surface area (TPSA) is 62.0 Å². The van der Waals surface area contributed by atoms with Crippen molar-refractivity contribution in [3.8, 4) is 0 Å². The van der Waals surface area contributed by atoms with E-state index in [2.05, 4.69) is 4.98 Å². The number of nitrogens with two attached hydrogens (primary N) is 1. The zero-order chi connectivity index (χ0) is 14.5. The number of hydrogen-bond donors (Lipinski definition) is 1. The van der Waals surface area contributed by atoms with E-state index < -0.39 is 21.9 Å². The molecule has 0 saturated carbocycles. The van der Waals surface area contributed by atoms with Gasteiger partial charge in [0.25, 0.3) is 0 Å². The highest BCUT2D eigenvalue weighted by molar-refractivity contribution is 7.90. The summed E-state index contributed by atoms with van der Waals surface area (Å²) in [6.45, 7) is 3.55. The standard InChI is InChI=1S/C13H18ClFN2OS/c1-13(2,19(16)18)7-10(4-3-5-14)11-6-12(15)9-17-8-11/h6-9H,3-5,16H2,1-2H3/b10-7-. The van der Waals surface area contributed by atoms with Crippen LogP contribution in [0.4, 0.5) is 4.39 Å². The van der Waals surface area contributed by atoms with Crippen LogP contribution in [0.15, 0.2) is 24.5 Å². The highest BCUT2D eigenvalue weighted by Crippen LogP contribution is 2.26. The normalized spacial score (nSPS) is 14.5. The van der Waals surface area contributed by atoms with Crippen LogP contribution in [0.2, 0.25) is 0 Å². The van der Waals surface area contributed by atoms with Crippen molar-refractivity contribution in [3.63, 3.8) is 0 Å². The van der Waals surface area contributed by atoms with Crippen LogP contribution >= 0.6 is 11.6 Å². The van der Waals surface area contributed by atoms with Crippen molar-refractivity contribution in [1.82, 2.24) is 4.98 Å². The summed E-state index contributed by atoms with van der Waals surface area (Å²) < 4.78 is 24.1. The molecule has 3 nitrogen and oxygen atoms in total. The Bertz CT molecular complexity index is 452. The van der Waals surface area contributed by atoms with E-state index in [0.29, 0.717) is 17.9 Å². The van der Waals surface area contributed by atoms with Gasteiger partial charge in [0.2, 0.25) is 0 Å². The van der Waals surface area contributed by atoms with Gasteiger partial charge < -0.3 is 4.55 Å². The molecule has 1 aromatic heterocycles. The van der Waals surface area contributed by atoms with Crippen LogP contribution in [0.1, 0.15) is 32.3 Å². The zero-order valence-corrected chi connectivity index (χ0v) is 12.6. The van der Waals surface area contributed by atoms with Gasteiger partial charge >= 0.3 is 0 Å². The zero-order valence-electron chi connectivity index (χ0n) is 11.0. The molecule has 0 aromatic carbocycles. The van der Waals surface area contributed by atoms with Gasteiger partial charge in [-0.15, -0.1) is 11.6 Å². The van der Waals surface area contributed by atoms with Crippen LogP contribution in [0.3, 0.4) is 0 Å². The summed E-state index contributed by atoms with van der Waals surface area (Å²) in [7, 11) is 0. The monoisotopic (exact) mass is 304 g/mol. The Hall–Kier alpha value is -0.620. The van der Waals surface area contributed by atoms with Crippen LogP contribution < -0.4 is 5.14 Å². The van der Waals surface area contributed by atoms with Gasteiger partial charge in [-0.05, 0) is 50.0 Å². The summed E-state index contributed by atoms with van der Waals surface area (Å²) in [5.74, 6) is 0.104. The molecule has 0 aliphatic heterocycles. The van der Waals surface area contributed by atoms with Gasteiger partial charge in [-0.2, -0.15) is 5.14 Å². The lowest BCUT2D eigenvalue weighted by molar-refractivity contribution is 0.573. The first-order chi connectivity index (χ1) is 8.86. The fourth-order valence-electron chi connectivity index (χ4n) is 1.62. The van der Waals surface area contributed by atoms with Crippen LogP contribution in [-0.4, -0.2) is 20.2 Å². The van der Waals surface area contributed by atoms with Crippen molar-refractivity contribution in [1.29, 1.82) is 0 Å². The van der Waals surface area contributed by atoms with Crippen LogP contribution in [0, 0.1) is 5.82 Å². The Balaban J connectivity index is 3.11. The fraction of sp³-hybridized carbons (Fsp3) is 0.462. The van der Waals surface area contributed by atoms with E-state index in [1.54, 1.807) is 20.0 Å².